The fourth-order valence-corrected chi connectivity index (χ4v) is 4.21. The minimum atomic E-state index is -0.165. The number of aromatic nitrogens is 1. The van der Waals surface area contributed by atoms with Crippen LogP contribution in [0.2, 0.25) is 5.02 Å². The van der Waals surface area contributed by atoms with Crippen molar-refractivity contribution >= 4 is 40.2 Å². The van der Waals surface area contributed by atoms with E-state index in [9.17, 15) is 4.79 Å². The van der Waals surface area contributed by atoms with E-state index >= 15 is 0 Å². The minimum Gasteiger partial charge on any atom is -0.482 e. The summed E-state index contributed by atoms with van der Waals surface area (Å²) in [5.74, 6) is 0.492. The zero-order chi connectivity index (χ0) is 20.4. The molecule has 8 heteroatoms. The van der Waals surface area contributed by atoms with Crippen molar-refractivity contribution in [3.05, 3.63) is 63.2 Å². The first-order valence-corrected chi connectivity index (χ1v) is 10.4. The first-order chi connectivity index (χ1) is 14.1. The third kappa shape index (κ3) is 3.97. The van der Waals surface area contributed by atoms with Crippen LogP contribution in [-0.4, -0.2) is 29.4 Å². The van der Waals surface area contributed by atoms with Gasteiger partial charge in [0.2, 0.25) is 4.80 Å². The summed E-state index contributed by atoms with van der Waals surface area (Å²) in [5.41, 5.74) is 4.07. The standard InChI is InChI=1S/C21H19ClN4O2S/c1-3-23-21-26(25-13(2)15-6-4-5-7-16(15)22)18(12-29-21)14-8-9-19-17(10-14)24-20(27)11-28-19/h4-10,12H,3,11H2,1-2H3,(H,24,27). The average molecular weight is 427 g/mol. The van der Waals surface area contributed by atoms with Crippen LogP contribution >= 0.6 is 22.9 Å². The highest BCUT2D eigenvalue weighted by Crippen LogP contribution is 2.33. The number of anilines is 1. The van der Waals surface area contributed by atoms with Gasteiger partial charge in [0.15, 0.2) is 6.61 Å². The molecule has 0 atom stereocenters. The molecule has 3 aromatic rings. The Hall–Kier alpha value is -2.90. The first kappa shape index (κ1) is 19.4. The van der Waals surface area contributed by atoms with E-state index in [4.69, 9.17) is 21.4 Å². The highest BCUT2D eigenvalue weighted by molar-refractivity contribution is 7.07. The Morgan fingerprint density at radius 3 is 2.93 bits per heavy atom. The van der Waals surface area contributed by atoms with Gasteiger partial charge in [0.1, 0.15) is 5.75 Å². The van der Waals surface area contributed by atoms with E-state index in [1.54, 1.807) is 0 Å². The number of hydrogen-bond acceptors (Lipinski definition) is 5. The van der Waals surface area contributed by atoms with E-state index in [0.717, 1.165) is 27.3 Å². The van der Waals surface area contributed by atoms with Gasteiger partial charge in [-0.1, -0.05) is 29.8 Å². The van der Waals surface area contributed by atoms with E-state index in [0.29, 0.717) is 23.0 Å². The molecule has 0 radical (unpaired) electrons. The predicted molar refractivity (Wildman–Crippen MR) is 117 cm³/mol. The van der Waals surface area contributed by atoms with Crippen molar-refractivity contribution in [2.45, 2.75) is 13.8 Å². The number of halogens is 1. The van der Waals surface area contributed by atoms with E-state index in [1.165, 1.54) is 11.3 Å². The summed E-state index contributed by atoms with van der Waals surface area (Å²) in [6.45, 7) is 4.59. The molecule has 0 spiro atoms. The summed E-state index contributed by atoms with van der Waals surface area (Å²) in [7, 11) is 0. The maximum atomic E-state index is 11.7. The summed E-state index contributed by atoms with van der Waals surface area (Å²) in [6, 6.07) is 13.3. The number of amides is 1. The van der Waals surface area contributed by atoms with Crippen LogP contribution < -0.4 is 14.9 Å². The fourth-order valence-electron chi connectivity index (χ4n) is 3.04. The predicted octanol–water partition coefficient (Wildman–Crippen LogP) is 4.39. The van der Waals surface area contributed by atoms with E-state index in [1.807, 2.05) is 66.4 Å². The molecule has 0 aliphatic carbocycles. The number of carbonyl (C=O) groups is 1. The van der Waals surface area contributed by atoms with Crippen molar-refractivity contribution in [2.75, 3.05) is 18.5 Å². The van der Waals surface area contributed by atoms with Gasteiger partial charge in [-0.15, -0.1) is 11.3 Å². The number of nitrogens with one attached hydrogen (secondary N) is 1. The molecule has 1 aliphatic rings. The van der Waals surface area contributed by atoms with E-state index < -0.39 is 0 Å². The SMILES string of the molecule is CCN=c1scc(-c2ccc3c(c2)NC(=O)CO3)n1N=C(C)c1ccccc1Cl. The normalized spacial score (nSPS) is 14.4. The van der Waals surface area contributed by atoms with Crippen molar-refractivity contribution in [2.24, 2.45) is 10.1 Å². The number of ether oxygens (including phenoxy) is 1. The third-order valence-electron chi connectivity index (χ3n) is 4.40. The molecule has 2 heterocycles. The molecule has 1 N–H and O–H groups in total. The number of carbonyl (C=O) groups excluding carboxylic acids is 1. The molecule has 1 aliphatic heterocycles. The summed E-state index contributed by atoms with van der Waals surface area (Å²) in [4.78, 5) is 17.0. The molecule has 2 aromatic carbocycles. The van der Waals surface area contributed by atoms with Crippen LogP contribution in [0.15, 0.2) is 57.9 Å². The first-order valence-electron chi connectivity index (χ1n) is 9.15. The zero-order valence-corrected chi connectivity index (χ0v) is 17.5. The summed E-state index contributed by atoms with van der Waals surface area (Å²) in [6.07, 6.45) is 0. The number of nitrogens with zero attached hydrogens (tertiary/aromatic N) is 3. The van der Waals surface area contributed by atoms with Gasteiger partial charge in [0.25, 0.3) is 5.91 Å². The smallest absolute Gasteiger partial charge is 0.262 e. The van der Waals surface area contributed by atoms with Gasteiger partial charge in [-0.05, 0) is 38.1 Å². The van der Waals surface area contributed by atoms with Gasteiger partial charge < -0.3 is 10.1 Å². The van der Waals surface area contributed by atoms with Gasteiger partial charge in [-0.2, -0.15) is 5.10 Å². The summed E-state index contributed by atoms with van der Waals surface area (Å²) >= 11 is 7.86. The maximum absolute atomic E-state index is 11.7. The van der Waals surface area contributed by atoms with Crippen LogP contribution in [0.5, 0.6) is 5.75 Å². The number of benzene rings is 2. The number of rotatable bonds is 4. The Morgan fingerprint density at radius 2 is 2.14 bits per heavy atom. The fraction of sp³-hybridized carbons (Fsp3) is 0.190. The lowest BCUT2D eigenvalue weighted by Gasteiger charge is -2.18. The molecule has 0 fully saturated rings. The zero-order valence-electron chi connectivity index (χ0n) is 16.0. The third-order valence-corrected chi connectivity index (χ3v) is 5.58. The molecule has 0 bridgehead atoms. The lowest BCUT2D eigenvalue weighted by Crippen LogP contribution is -2.25. The number of hydrogen-bond donors (Lipinski definition) is 1. The minimum absolute atomic E-state index is 0.0334. The van der Waals surface area contributed by atoms with Crippen LogP contribution in [0.3, 0.4) is 0 Å². The monoisotopic (exact) mass is 426 g/mol. The quantitative estimate of drug-likeness (QED) is 0.628. The Morgan fingerprint density at radius 1 is 1.31 bits per heavy atom. The average Bonchev–Trinajstić information content (AvgIpc) is 3.10. The molecule has 0 unspecified atom stereocenters. The van der Waals surface area contributed by atoms with Gasteiger partial charge in [-0.3, -0.25) is 9.79 Å². The van der Waals surface area contributed by atoms with Crippen LogP contribution in [0.4, 0.5) is 5.69 Å². The molecule has 1 amide bonds. The van der Waals surface area contributed by atoms with Gasteiger partial charge >= 0.3 is 0 Å². The second kappa shape index (κ2) is 8.23. The van der Waals surface area contributed by atoms with Crippen LogP contribution in [0.1, 0.15) is 19.4 Å². The molecule has 1 aromatic heterocycles. The Bertz CT molecular complexity index is 1180. The number of thiazole rings is 1. The number of fused-ring (bicyclic) bond motifs is 1. The lowest BCUT2D eigenvalue weighted by atomic mass is 10.1. The van der Waals surface area contributed by atoms with Crippen molar-refractivity contribution in [3.63, 3.8) is 0 Å². The molecule has 0 saturated carbocycles. The lowest BCUT2D eigenvalue weighted by molar-refractivity contribution is -0.118. The second-order valence-corrected chi connectivity index (χ2v) is 7.65. The molecular formula is C21H19ClN4O2S. The van der Waals surface area contributed by atoms with E-state index in [2.05, 4.69) is 10.3 Å². The van der Waals surface area contributed by atoms with Crippen molar-refractivity contribution < 1.29 is 9.53 Å². The molecule has 4 rings (SSSR count). The van der Waals surface area contributed by atoms with Gasteiger partial charge in [0, 0.05) is 28.1 Å². The molecule has 6 nitrogen and oxygen atoms in total. The Labute approximate surface area is 177 Å². The molecule has 0 saturated heterocycles. The van der Waals surface area contributed by atoms with Crippen LogP contribution in [-0.2, 0) is 4.79 Å². The second-order valence-electron chi connectivity index (χ2n) is 6.40. The van der Waals surface area contributed by atoms with Crippen molar-refractivity contribution in [1.29, 1.82) is 0 Å². The van der Waals surface area contributed by atoms with E-state index in [-0.39, 0.29) is 12.5 Å². The van der Waals surface area contributed by atoms with Crippen molar-refractivity contribution in [3.8, 4) is 17.0 Å². The summed E-state index contributed by atoms with van der Waals surface area (Å²) in [5, 5.41) is 10.3. The summed E-state index contributed by atoms with van der Waals surface area (Å²) < 4.78 is 7.28. The highest BCUT2D eigenvalue weighted by Gasteiger charge is 2.18. The maximum Gasteiger partial charge on any atom is 0.262 e. The van der Waals surface area contributed by atoms with Crippen molar-refractivity contribution in [1.82, 2.24) is 4.68 Å². The van der Waals surface area contributed by atoms with Crippen LogP contribution in [0, 0.1) is 0 Å². The highest BCUT2D eigenvalue weighted by atomic mass is 35.5. The largest absolute Gasteiger partial charge is 0.482 e. The van der Waals surface area contributed by atoms with Gasteiger partial charge in [-0.25, -0.2) is 4.68 Å². The topological polar surface area (TPSA) is 68.0 Å². The van der Waals surface area contributed by atoms with Gasteiger partial charge in [0.05, 0.1) is 17.1 Å². The Balaban J connectivity index is 1.84. The molecular weight excluding hydrogens is 408 g/mol. The molecule has 148 valence electrons. The Kier molecular flexibility index (Phi) is 5.51. The molecule has 29 heavy (non-hydrogen) atoms. The van der Waals surface area contributed by atoms with Crippen LogP contribution in [0.25, 0.3) is 11.3 Å².